The molecule has 2 N–H and O–H groups in total. The third-order valence-electron chi connectivity index (χ3n) is 3.52. The fourth-order valence-corrected chi connectivity index (χ4v) is 3.35. The number of hydrogen-bond donors (Lipinski definition) is 2. The first-order valence-corrected chi connectivity index (χ1v) is 8.96. The summed E-state index contributed by atoms with van der Waals surface area (Å²) in [4.78, 5) is 13.0. The molecule has 0 spiro atoms. The van der Waals surface area contributed by atoms with Crippen molar-refractivity contribution in [2.24, 2.45) is 0 Å². The summed E-state index contributed by atoms with van der Waals surface area (Å²) >= 11 is 1.95. The van der Waals surface area contributed by atoms with Crippen molar-refractivity contribution in [2.45, 2.75) is 50.8 Å². The van der Waals surface area contributed by atoms with E-state index in [2.05, 4.69) is 31.8 Å². The third kappa shape index (κ3) is 4.91. The molecule has 1 saturated carbocycles. The maximum Gasteiger partial charge on any atom is 0.323 e. The lowest BCUT2D eigenvalue weighted by Crippen LogP contribution is -2.29. The Hall–Kier alpha value is -1.24. The highest BCUT2D eigenvalue weighted by Gasteiger charge is 2.22. The summed E-state index contributed by atoms with van der Waals surface area (Å²) in [6, 6.07) is 0.811. The summed E-state index contributed by atoms with van der Waals surface area (Å²) in [5, 5.41) is 7.30. The Morgan fingerprint density at radius 3 is 2.71 bits per heavy atom. The Kier molecular flexibility index (Phi) is 6.35. The van der Waals surface area contributed by atoms with Crippen LogP contribution < -0.4 is 15.4 Å². The lowest BCUT2D eigenvalue weighted by atomic mass is 9.95. The topological polar surface area (TPSA) is 72.0 Å². The van der Waals surface area contributed by atoms with E-state index in [1.165, 1.54) is 19.3 Å². The SMILES string of the molecule is CCNc1nc(NC2CCCC(SC)C2)nc(OCC)n1. The van der Waals surface area contributed by atoms with Crippen LogP contribution in [0.4, 0.5) is 11.9 Å². The maximum atomic E-state index is 5.42. The van der Waals surface area contributed by atoms with Crippen LogP contribution in [0.25, 0.3) is 0 Å². The van der Waals surface area contributed by atoms with Gasteiger partial charge in [-0.15, -0.1) is 0 Å². The first-order valence-electron chi connectivity index (χ1n) is 7.67. The summed E-state index contributed by atoms with van der Waals surface area (Å²) in [5.74, 6) is 1.17. The van der Waals surface area contributed by atoms with Crippen molar-refractivity contribution >= 4 is 23.7 Å². The molecular formula is C14H25N5OS. The molecule has 118 valence electrons. The summed E-state index contributed by atoms with van der Waals surface area (Å²) < 4.78 is 5.42. The molecule has 1 fully saturated rings. The molecule has 0 bridgehead atoms. The molecule has 1 aliphatic rings. The molecule has 21 heavy (non-hydrogen) atoms. The molecule has 1 heterocycles. The van der Waals surface area contributed by atoms with Crippen LogP contribution in [0, 0.1) is 0 Å². The van der Waals surface area contributed by atoms with Crippen LogP contribution >= 0.6 is 11.8 Å². The van der Waals surface area contributed by atoms with E-state index < -0.39 is 0 Å². The predicted molar refractivity (Wildman–Crippen MR) is 88.3 cm³/mol. The van der Waals surface area contributed by atoms with E-state index in [0.29, 0.717) is 30.6 Å². The smallest absolute Gasteiger partial charge is 0.323 e. The van der Waals surface area contributed by atoms with Gasteiger partial charge >= 0.3 is 6.01 Å². The van der Waals surface area contributed by atoms with E-state index >= 15 is 0 Å². The number of thioether (sulfide) groups is 1. The van der Waals surface area contributed by atoms with Crippen molar-refractivity contribution < 1.29 is 4.74 Å². The van der Waals surface area contributed by atoms with Gasteiger partial charge in [0, 0.05) is 17.8 Å². The molecule has 0 aromatic carbocycles. The molecule has 0 aliphatic heterocycles. The highest BCUT2D eigenvalue weighted by Crippen LogP contribution is 2.28. The molecule has 1 aliphatic carbocycles. The average Bonchev–Trinajstić information content (AvgIpc) is 2.48. The third-order valence-corrected chi connectivity index (χ3v) is 4.61. The molecule has 7 heteroatoms. The zero-order valence-electron chi connectivity index (χ0n) is 13.1. The van der Waals surface area contributed by atoms with E-state index in [-0.39, 0.29) is 0 Å². The van der Waals surface area contributed by atoms with Gasteiger partial charge in [0.25, 0.3) is 0 Å². The van der Waals surface area contributed by atoms with Crippen LogP contribution in [-0.4, -0.2) is 45.7 Å². The normalized spacial score (nSPS) is 21.9. The van der Waals surface area contributed by atoms with Crippen LogP contribution in [-0.2, 0) is 0 Å². The summed E-state index contributed by atoms with van der Waals surface area (Å²) in [7, 11) is 0. The van der Waals surface area contributed by atoms with Gasteiger partial charge in [-0.1, -0.05) is 6.42 Å². The lowest BCUT2D eigenvalue weighted by molar-refractivity contribution is 0.312. The molecule has 0 amide bonds. The second kappa shape index (κ2) is 8.26. The standard InChI is InChI=1S/C14H25N5OS/c1-4-15-12-17-13(19-14(18-12)20-5-2)16-10-7-6-8-11(9-10)21-3/h10-11H,4-9H2,1-3H3,(H2,15,16,17,18,19). The second-order valence-corrected chi connectivity index (χ2v) is 6.23. The Morgan fingerprint density at radius 1 is 1.19 bits per heavy atom. The van der Waals surface area contributed by atoms with Crippen molar-refractivity contribution in [3.63, 3.8) is 0 Å². The fraction of sp³-hybridized carbons (Fsp3) is 0.786. The quantitative estimate of drug-likeness (QED) is 0.802. The molecule has 2 atom stereocenters. The molecule has 1 aromatic heterocycles. The Labute approximate surface area is 130 Å². The lowest BCUT2D eigenvalue weighted by Gasteiger charge is -2.28. The van der Waals surface area contributed by atoms with Crippen LogP contribution in [0.5, 0.6) is 6.01 Å². The van der Waals surface area contributed by atoms with E-state index in [0.717, 1.165) is 18.2 Å². The molecule has 1 aromatic rings. The van der Waals surface area contributed by atoms with Crippen molar-refractivity contribution in [2.75, 3.05) is 30.0 Å². The van der Waals surface area contributed by atoms with Gasteiger partial charge < -0.3 is 15.4 Å². The minimum Gasteiger partial charge on any atom is -0.464 e. The molecule has 2 unspecified atom stereocenters. The number of rotatable bonds is 7. The fourth-order valence-electron chi connectivity index (χ4n) is 2.52. The molecular weight excluding hydrogens is 286 g/mol. The van der Waals surface area contributed by atoms with Crippen molar-refractivity contribution in [3.8, 4) is 6.01 Å². The Balaban J connectivity index is 2.06. The van der Waals surface area contributed by atoms with Gasteiger partial charge in [-0.05, 0) is 39.4 Å². The van der Waals surface area contributed by atoms with E-state index in [9.17, 15) is 0 Å². The van der Waals surface area contributed by atoms with Gasteiger partial charge in [0.2, 0.25) is 11.9 Å². The van der Waals surface area contributed by atoms with Crippen LogP contribution in [0.1, 0.15) is 39.5 Å². The number of nitrogens with zero attached hydrogens (tertiary/aromatic N) is 3. The van der Waals surface area contributed by atoms with Crippen molar-refractivity contribution in [3.05, 3.63) is 0 Å². The van der Waals surface area contributed by atoms with E-state index in [1.807, 2.05) is 25.6 Å². The Morgan fingerprint density at radius 2 is 2.00 bits per heavy atom. The number of hydrogen-bond acceptors (Lipinski definition) is 7. The van der Waals surface area contributed by atoms with Gasteiger partial charge in [-0.25, -0.2) is 0 Å². The van der Waals surface area contributed by atoms with Gasteiger partial charge in [-0.2, -0.15) is 26.7 Å². The largest absolute Gasteiger partial charge is 0.464 e. The van der Waals surface area contributed by atoms with E-state index in [1.54, 1.807) is 0 Å². The molecule has 0 radical (unpaired) electrons. The van der Waals surface area contributed by atoms with Crippen LogP contribution in [0.15, 0.2) is 0 Å². The summed E-state index contributed by atoms with van der Waals surface area (Å²) in [5.41, 5.74) is 0. The van der Waals surface area contributed by atoms with Crippen LogP contribution in [0.3, 0.4) is 0 Å². The number of aromatic nitrogens is 3. The predicted octanol–water partition coefficient (Wildman–Crippen LogP) is 2.79. The average molecular weight is 311 g/mol. The number of anilines is 2. The molecule has 0 saturated heterocycles. The summed E-state index contributed by atoms with van der Waals surface area (Å²) in [6.45, 7) is 5.26. The van der Waals surface area contributed by atoms with Gasteiger partial charge in [0.1, 0.15) is 0 Å². The summed E-state index contributed by atoms with van der Waals surface area (Å²) in [6.07, 6.45) is 7.08. The van der Waals surface area contributed by atoms with Crippen molar-refractivity contribution in [1.82, 2.24) is 15.0 Å². The second-order valence-electron chi connectivity index (χ2n) is 5.09. The highest BCUT2D eigenvalue weighted by molar-refractivity contribution is 7.99. The maximum absolute atomic E-state index is 5.42. The van der Waals surface area contributed by atoms with Gasteiger partial charge in [0.05, 0.1) is 6.61 Å². The first kappa shape index (κ1) is 16.1. The zero-order valence-corrected chi connectivity index (χ0v) is 13.9. The van der Waals surface area contributed by atoms with Crippen molar-refractivity contribution in [1.29, 1.82) is 0 Å². The van der Waals surface area contributed by atoms with Gasteiger partial charge in [-0.3, -0.25) is 0 Å². The monoisotopic (exact) mass is 311 g/mol. The molecule has 6 nitrogen and oxygen atoms in total. The van der Waals surface area contributed by atoms with E-state index in [4.69, 9.17) is 4.74 Å². The molecule has 2 rings (SSSR count). The van der Waals surface area contributed by atoms with Gasteiger partial charge in [0.15, 0.2) is 0 Å². The first-order chi connectivity index (χ1) is 10.2. The minimum atomic E-state index is 0.378. The van der Waals surface area contributed by atoms with Crippen LogP contribution in [0.2, 0.25) is 0 Å². The Bertz CT molecular complexity index is 421. The number of nitrogens with one attached hydrogen (secondary N) is 2. The number of ether oxygens (including phenoxy) is 1. The highest BCUT2D eigenvalue weighted by atomic mass is 32.2. The zero-order chi connectivity index (χ0) is 15.1. The minimum absolute atomic E-state index is 0.378.